The topological polar surface area (TPSA) is 75.6 Å². The molecule has 1 amide bonds. The van der Waals surface area contributed by atoms with Gasteiger partial charge in [-0.05, 0) is 32.1 Å². The maximum absolute atomic E-state index is 11.7. The molecule has 0 bridgehead atoms. The number of ether oxygens (including phenoxy) is 1. The number of amides is 1. The van der Waals surface area contributed by atoms with Crippen molar-refractivity contribution >= 4 is 11.9 Å². The Morgan fingerprint density at radius 2 is 2.14 bits per heavy atom. The third-order valence-electron chi connectivity index (χ3n) is 3.75. The van der Waals surface area contributed by atoms with Crippen molar-refractivity contribution in [2.75, 3.05) is 13.2 Å². The molecule has 0 saturated heterocycles. The molecule has 124 valence electrons. The molecule has 0 aliphatic heterocycles. The summed E-state index contributed by atoms with van der Waals surface area (Å²) < 4.78 is 5.54. The van der Waals surface area contributed by atoms with Crippen molar-refractivity contribution in [1.82, 2.24) is 5.32 Å². The number of nitrogens with one attached hydrogen (secondary N) is 1. The molecule has 0 radical (unpaired) electrons. The SMILES string of the molecule is CC(CCCCNC(=O)COC1C#CCCCCC1)C(=O)O. The van der Waals surface area contributed by atoms with Gasteiger partial charge in [0.05, 0.1) is 5.92 Å². The predicted molar refractivity (Wildman–Crippen MR) is 84.3 cm³/mol. The highest BCUT2D eigenvalue weighted by atomic mass is 16.5. The van der Waals surface area contributed by atoms with E-state index in [9.17, 15) is 9.59 Å². The summed E-state index contributed by atoms with van der Waals surface area (Å²) in [5.74, 6) is 4.94. The molecule has 0 spiro atoms. The van der Waals surface area contributed by atoms with Gasteiger partial charge in [-0.15, -0.1) is 5.92 Å². The Hall–Kier alpha value is -1.54. The Morgan fingerprint density at radius 3 is 2.91 bits per heavy atom. The molecular formula is C17H27NO4. The lowest BCUT2D eigenvalue weighted by Gasteiger charge is -2.13. The first kappa shape index (κ1) is 18.5. The largest absolute Gasteiger partial charge is 0.481 e. The van der Waals surface area contributed by atoms with E-state index in [2.05, 4.69) is 17.2 Å². The standard InChI is InChI=1S/C17H27NO4/c1-14(17(20)21)9-7-8-12-18-16(19)13-22-15-10-5-3-2-4-6-11-15/h14-15H,2-5,7-10,12-13H2,1H3,(H,18,19)(H,20,21). The molecule has 0 aromatic rings. The second kappa shape index (κ2) is 11.1. The second-order valence-corrected chi connectivity index (χ2v) is 5.81. The lowest BCUT2D eigenvalue weighted by atomic mass is 10.0. The number of hydrogen-bond donors (Lipinski definition) is 2. The number of unbranched alkanes of at least 4 members (excludes halogenated alkanes) is 1. The van der Waals surface area contributed by atoms with E-state index in [1.807, 2.05) is 0 Å². The Morgan fingerprint density at radius 1 is 1.32 bits per heavy atom. The monoisotopic (exact) mass is 309 g/mol. The number of carbonyl (C=O) groups excluding carboxylic acids is 1. The molecule has 0 saturated carbocycles. The van der Waals surface area contributed by atoms with Crippen LogP contribution >= 0.6 is 0 Å². The van der Waals surface area contributed by atoms with Gasteiger partial charge < -0.3 is 15.2 Å². The molecule has 0 fully saturated rings. The first-order valence-electron chi connectivity index (χ1n) is 8.19. The summed E-state index contributed by atoms with van der Waals surface area (Å²) in [6.07, 6.45) is 7.34. The van der Waals surface area contributed by atoms with Crippen LogP contribution < -0.4 is 5.32 Å². The number of carboxylic acid groups (broad SMARTS) is 1. The van der Waals surface area contributed by atoms with Crippen molar-refractivity contribution in [2.45, 2.75) is 64.4 Å². The van der Waals surface area contributed by atoms with Crippen LogP contribution in [-0.4, -0.2) is 36.2 Å². The normalized spacial score (nSPS) is 19.2. The van der Waals surface area contributed by atoms with E-state index in [1.54, 1.807) is 6.92 Å². The molecule has 0 heterocycles. The Kier molecular flexibility index (Phi) is 9.33. The zero-order valence-electron chi connectivity index (χ0n) is 13.4. The number of carboxylic acids is 1. The fraction of sp³-hybridized carbons (Fsp3) is 0.765. The van der Waals surface area contributed by atoms with E-state index in [0.717, 1.165) is 38.5 Å². The van der Waals surface area contributed by atoms with Crippen LogP contribution in [0.1, 0.15) is 58.3 Å². The van der Waals surface area contributed by atoms with Crippen LogP contribution in [0.25, 0.3) is 0 Å². The summed E-state index contributed by atoms with van der Waals surface area (Å²) in [5, 5.41) is 11.6. The average molecular weight is 309 g/mol. The number of aliphatic carboxylic acids is 1. The van der Waals surface area contributed by atoms with Crippen LogP contribution in [0.15, 0.2) is 0 Å². The molecule has 0 aromatic heterocycles. The van der Waals surface area contributed by atoms with Crippen LogP contribution in [0.5, 0.6) is 0 Å². The third kappa shape index (κ3) is 8.68. The van der Waals surface area contributed by atoms with Crippen molar-refractivity contribution in [3.05, 3.63) is 0 Å². The summed E-state index contributed by atoms with van der Waals surface area (Å²) in [5.41, 5.74) is 0. The van der Waals surface area contributed by atoms with Crippen molar-refractivity contribution in [2.24, 2.45) is 5.92 Å². The van der Waals surface area contributed by atoms with E-state index in [0.29, 0.717) is 13.0 Å². The highest BCUT2D eigenvalue weighted by molar-refractivity contribution is 5.77. The van der Waals surface area contributed by atoms with Gasteiger partial charge in [-0.25, -0.2) is 0 Å². The Balaban J connectivity index is 2.07. The van der Waals surface area contributed by atoms with Crippen LogP contribution in [0.4, 0.5) is 0 Å². The third-order valence-corrected chi connectivity index (χ3v) is 3.75. The zero-order valence-corrected chi connectivity index (χ0v) is 13.4. The highest BCUT2D eigenvalue weighted by Gasteiger charge is 2.11. The van der Waals surface area contributed by atoms with Crippen LogP contribution in [0, 0.1) is 17.8 Å². The predicted octanol–water partition coefficient (Wildman–Crippen LogP) is 2.35. The van der Waals surface area contributed by atoms with Gasteiger partial charge in [0.15, 0.2) is 0 Å². The molecule has 0 aromatic carbocycles. The summed E-state index contributed by atoms with van der Waals surface area (Å²) in [6.45, 7) is 2.31. The molecule has 2 unspecified atom stereocenters. The van der Waals surface area contributed by atoms with E-state index in [1.165, 1.54) is 6.42 Å². The molecule has 5 heteroatoms. The van der Waals surface area contributed by atoms with Crippen LogP contribution in [0.3, 0.4) is 0 Å². The van der Waals surface area contributed by atoms with Gasteiger partial charge in [-0.3, -0.25) is 9.59 Å². The summed E-state index contributed by atoms with van der Waals surface area (Å²) >= 11 is 0. The molecule has 1 aliphatic rings. The average Bonchev–Trinajstić information content (AvgIpc) is 2.45. The fourth-order valence-corrected chi connectivity index (χ4v) is 2.26. The van der Waals surface area contributed by atoms with Gasteiger partial charge in [-0.1, -0.05) is 25.7 Å². The van der Waals surface area contributed by atoms with Crippen LogP contribution in [0.2, 0.25) is 0 Å². The van der Waals surface area contributed by atoms with Crippen molar-refractivity contribution in [1.29, 1.82) is 0 Å². The van der Waals surface area contributed by atoms with E-state index in [4.69, 9.17) is 9.84 Å². The maximum atomic E-state index is 11.7. The first-order chi connectivity index (χ1) is 10.6. The minimum Gasteiger partial charge on any atom is -0.481 e. The molecule has 1 aliphatic carbocycles. The quantitative estimate of drug-likeness (QED) is 0.506. The summed E-state index contributed by atoms with van der Waals surface area (Å²) in [6, 6.07) is 0. The van der Waals surface area contributed by atoms with Gasteiger partial charge in [0, 0.05) is 13.0 Å². The second-order valence-electron chi connectivity index (χ2n) is 5.81. The lowest BCUT2D eigenvalue weighted by Crippen LogP contribution is -2.30. The van der Waals surface area contributed by atoms with Crippen molar-refractivity contribution < 1.29 is 19.4 Å². The molecule has 5 nitrogen and oxygen atoms in total. The number of carbonyl (C=O) groups is 2. The number of rotatable bonds is 9. The molecular weight excluding hydrogens is 282 g/mol. The van der Waals surface area contributed by atoms with E-state index >= 15 is 0 Å². The van der Waals surface area contributed by atoms with E-state index < -0.39 is 5.97 Å². The smallest absolute Gasteiger partial charge is 0.306 e. The highest BCUT2D eigenvalue weighted by Crippen LogP contribution is 2.10. The molecule has 22 heavy (non-hydrogen) atoms. The van der Waals surface area contributed by atoms with Gasteiger partial charge in [0.1, 0.15) is 12.7 Å². The fourth-order valence-electron chi connectivity index (χ4n) is 2.26. The number of hydrogen-bond acceptors (Lipinski definition) is 3. The first-order valence-corrected chi connectivity index (χ1v) is 8.19. The minimum atomic E-state index is -0.766. The van der Waals surface area contributed by atoms with Gasteiger partial charge in [-0.2, -0.15) is 0 Å². The Bertz CT molecular complexity index is 411. The molecule has 2 atom stereocenters. The summed E-state index contributed by atoms with van der Waals surface area (Å²) in [7, 11) is 0. The zero-order chi connectivity index (χ0) is 16.2. The molecule has 1 rings (SSSR count). The molecule has 2 N–H and O–H groups in total. The van der Waals surface area contributed by atoms with Crippen molar-refractivity contribution in [3.8, 4) is 11.8 Å². The lowest BCUT2D eigenvalue weighted by molar-refractivity contribution is -0.141. The van der Waals surface area contributed by atoms with Crippen molar-refractivity contribution in [3.63, 3.8) is 0 Å². The summed E-state index contributed by atoms with van der Waals surface area (Å²) in [4.78, 5) is 22.3. The maximum Gasteiger partial charge on any atom is 0.306 e. The van der Waals surface area contributed by atoms with Gasteiger partial charge >= 0.3 is 5.97 Å². The van der Waals surface area contributed by atoms with Crippen LogP contribution in [-0.2, 0) is 14.3 Å². The van der Waals surface area contributed by atoms with E-state index in [-0.39, 0.29) is 24.5 Å². The van der Waals surface area contributed by atoms with Gasteiger partial charge in [0.25, 0.3) is 0 Å². The minimum absolute atomic E-state index is 0.0465. The van der Waals surface area contributed by atoms with Gasteiger partial charge in [0.2, 0.25) is 5.91 Å². The Labute approximate surface area is 132 Å².